The van der Waals surface area contributed by atoms with Crippen LogP contribution >= 0.6 is 11.3 Å². The van der Waals surface area contributed by atoms with Crippen LogP contribution in [-0.4, -0.2) is 0 Å². The van der Waals surface area contributed by atoms with E-state index < -0.39 is 0 Å². The van der Waals surface area contributed by atoms with E-state index in [0.717, 1.165) is 11.4 Å². The van der Waals surface area contributed by atoms with E-state index in [4.69, 9.17) is 0 Å². The van der Waals surface area contributed by atoms with Crippen molar-refractivity contribution in [1.29, 1.82) is 0 Å². The molecule has 0 unspecified atom stereocenters. The highest BCUT2D eigenvalue weighted by Crippen LogP contribution is 2.66. The maximum absolute atomic E-state index is 2.50. The number of benzene rings is 8. The predicted octanol–water partition coefficient (Wildman–Crippen LogP) is 15.6. The topological polar surface area (TPSA) is 3.24 Å². The van der Waals surface area contributed by atoms with Gasteiger partial charge in [0.15, 0.2) is 0 Å². The van der Waals surface area contributed by atoms with Crippen molar-refractivity contribution >= 4 is 59.3 Å². The number of anilines is 3. The Morgan fingerprint density at radius 2 is 1.16 bits per heavy atom. The van der Waals surface area contributed by atoms with Gasteiger partial charge in [-0.2, -0.15) is 0 Å². The molecule has 0 spiro atoms. The normalized spacial score (nSPS) is 13.7. The standard InChI is InChI=1S/C53H41NS/c1-52(2,3)44-31-42-49(44)51-50(42)48-41(23-14-24-43(48)53(51,4)5)38-20-8-10-25-45(38)54(35-27-28-40-39-21-9-11-26-46(39)55-47(40)30-35)34-18-12-17-33(29-34)37-22-13-16-32-15-6-7-19-36(32)37/h6-31H,1-5H3. The molecule has 0 bridgehead atoms. The Morgan fingerprint density at radius 1 is 0.491 bits per heavy atom. The zero-order valence-corrected chi connectivity index (χ0v) is 32.7. The molecule has 1 nitrogen and oxygen atoms in total. The van der Waals surface area contributed by atoms with E-state index in [1.165, 1.54) is 97.8 Å². The molecule has 11 rings (SSSR count). The average molecular weight is 724 g/mol. The highest BCUT2D eigenvalue weighted by atomic mass is 32.1. The van der Waals surface area contributed by atoms with Crippen LogP contribution in [0.1, 0.15) is 51.3 Å². The summed E-state index contributed by atoms with van der Waals surface area (Å²) in [5, 5.41) is 5.14. The van der Waals surface area contributed by atoms with Crippen molar-refractivity contribution in [2.45, 2.75) is 45.4 Å². The van der Waals surface area contributed by atoms with E-state index in [1.54, 1.807) is 0 Å². The molecule has 0 amide bonds. The van der Waals surface area contributed by atoms with Crippen LogP contribution in [0.15, 0.2) is 158 Å². The van der Waals surface area contributed by atoms with Crippen molar-refractivity contribution in [2.75, 3.05) is 4.90 Å². The fourth-order valence-electron chi connectivity index (χ4n) is 9.66. The van der Waals surface area contributed by atoms with E-state index in [9.17, 15) is 0 Å². The molecule has 0 N–H and O–H groups in total. The van der Waals surface area contributed by atoms with Crippen LogP contribution in [0.25, 0.3) is 75.5 Å². The molecule has 0 radical (unpaired) electrons. The van der Waals surface area contributed by atoms with E-state index in [2.05, 4.69) is 197 Å². The summed E-state index contributed by atoms with van der Waals surface area (Å²) in [5.41, 5.74) is 18.8. The number of rotatable bonds is 5. The lowest BCUT2D eigenvalue weighted by molar-refractivity contribution is 0.581. The van der Waals surface area contributed by atoms with Gasteiger partial charge < -0.3 is 4.90 Å². The third-order valence-corrected chi connectivity index (χ3v) is 13.4. The molecule has 264 valence electrons. The SMILES string of the molecule is CC(C)(C)c1cc2c3c(c1-2)C(C)(C)c1cccc(-c2ccccc2N(c2cccc(-c4cccc5ccccc45)c2)c2ccc4c(c2)sc2ccccc24)c1-3. The molecular formula is C53H41NS. The highest BCUT2D eigenvalue weighted by Gasteiger charge is 2.48. The van der Waals surface area contributed by atoms with Crippen molar-refractivity contribution in [3.05, 3.63) is 174 Å². The van der Waals surface area contributed by atoms with Crippen molar-refractivity contribution < 1.29 is 0 Å². The average Bonchev–Trinajstić information content (AvgIpc) is 3.64. The third kappa shape index (κ3) is 4.65. The minimum Gasteiger partial charge on any atom is -0.310 e. The Morgan fingerprint density at radius 3 is 2.04 bits per heavy atom. The Bertz CT molecular complexity index is 3050. The second kappa shape index (κ2) is 11.5. The van der Waals surface area contributed by atoms with Gasteiger partial charge in [0.2, 0.25) is 0 Å². The summed E-state index contributed by atoms with van der Waals surface area (Å²) in [5.74, 6) is 0. The lowest BCUT2D eigenvalue weighted by atomic mass is 9.64. The van der Waals surface area contributed by atoms with Crippen molar-refractivity contribution in [3.8, 4) is 44.5 Å². The minimum atomic E-state index is -0.0576. The van der Waals surface area contributed by atoms with Crippen molar-refractivity contribution in [2.24, 2.45) is 0 Å². The van der Waals surface area contributed by atoms with Crippen LogP contribution in [0.3, 0.4) is 0 Å². The fourth-order valence-corrected chi connectivity index (χ4v) is 10.8. The number of para-hydroxylation sites is 1. The molecule has 0 saturated heterocycles. The van der Waals surface area contributed by atoms with Crippen LogP contribution in [0, 0.1) is 0 Å². The van der Waals surface area contributed by atoms with Gasteiger partial charge >= 0.3 is 0 Å². The van der Waals surface area contributed by atoms with Crippen LogP contribution in [0.2, 0.25) is 0 Å². The van der Waals surface area contributed by atoms with Gasteiger partial charge in [-0.05, 0) is 114 Å². The number of hydrogen-bond donors (Lipinski definition) is 0. The van der Waals surface area contributed by atoms with E-state index in [-0.39, 0.29) is 10.8 Å². The summed E-state index contributed by atoms with van der Waals surface area (Å²) in [6.45, 7) is 11.9. The van der Waals surface area contributed by atoms with Gasteiger partial charge in [0.1, 0.15) is 0 Å². The number of hydrogen-bond acceptors (Lipinski definition) is 2. The molecule has 0 saturated carbocycles. The first-order valence-electron chi connectivity index (χ1n) is 19.4. The molecule has 1 aromatic heterocycles. The maximum Gasteiger partial charge on any atom is 0.0540 e. The lowest BCUT2D eigenvalue weighted by Gasteiger charge is -2.39. The Hall–Kier alpha value is -5.96. The molecule has 0 aliphatic heterocycles. The van der Waals surface area contributed by atoms with Gasteiger partial charge in [0, 0.05) is 42.5 Å². The number of thiophene rings is 1. The van der Waals surface area contributed by atoms with Crippen LogP contribution < -0.4 is 4.90 Å². The summed E-state index contributed by atoms with van der Waals surface area (Å²) in [4.78, 5) is 2.50. The smallest absolute Gasteiger partial charge is 0.0540 e. The second-order valence-electron chi connectivity index (χ2n) is 16.9. The molecule has 7 aromatic carbocycles. The molecule has 3 aliphatic carbocycles. The third-order valence-electron chi connectivity index (χ3n) is 12.3. The number of fused-ring (bicyclic) bond motifs is 10. The highest BCUT2D eigenvalue weighted by molar-refractivity contribution is 7.25. The summed E-state index contributed by atoms with van der Waals surface area (Å²) in [6, 6.07) is 58.8. The molecule has 1 heterocycles. The zero-order valence-electron chi connectivity index (χ0n) is 31.9. The molecular weight excluding hydrogens is 683 g/mol. The van der Waals surface area contributed by atoms with Gasteiger partial charge in [-0.15, -0.1) is 11.3 Å². The van der Waals surface area contributed by atoms with Crippen LogP contribution in [-0.2, 0) is 10.8 Å². The molecule has 3 aliphatic rings. The monoisotopic (exact) mass is 723 g/mol. The first-order valence-corrected chi connectivity index (χ1v) is 20.3. The largest absolute Gasteiger partial charge is 0.310 e. The fraction of sp³-hybridized carbons (Fsp3) is 0.132. The molecule has 8 aromatic rings. The zero-order chi connectivity index (χ0) is 37.2. The minimum absolute atomic E-state index is 0.0576. The van der Waals surface area contributed by atoms with E-state index in [1.807, 2.05) is 11.3 Å². The molecule has 0 fully saturated rings. The first-order chi connectivity index (χ1) is 26.7. The predicted molar refractivity (Wildman–Crippen MR) is 238 cm³/mol. The second-order valence-corrected chi connectivity index (χ2v) is 18.0. The van der Waals surface area contributed by atoms with E-state index >= 15 is 0 Å². The summed E-state index contributed by atoms with van der Waals surface area (Å²) in [7, 11) is 0. The van der Waals surface area contributed by atoms with Gasteiger partial charge in [-0.25, -0.2) is 0 Å². The summed E-state index contributed by atoms with van der Waals surface area (Å²) >= 11 is 1.88. The quantitative estimate of drug-likeness (QED) is 0.171. The molecule has 2 heteroatoms. The van der Waals surface area contributed by atoms with Crippen molar-refractivity contribution in [3.63, 3.8) is 0 Å². The molecule has 55 heavy (non-hydrogen) atoms. The van der Waals surface area contributed by atoms with Crippen LogP contribution in [0.4, 0.5) is 17.1 Å². The maximum atomic E-state index is 2.50. The Balaban J connectivity index is 1.14. The van der Waals surface area contributed by atoms with E-state index in [0.29, 0.717) is 0 Å². The van der Waals surface area contributed by atoms with Crippen LogP contribution in [0.5, 0.6) is 0 Å². The molecule has 0 atom stereocenters. The van der Waals surface area contributed by atoms with Gasteiger partial charge in [-0.1, -0.05) is 150 Å². The van der Waals surface area contributed by atoms with Crippen molar-refractivity contribution in [1.82, 2.24) is 0 Å². The summed E-state index contributed by atoms with van der Waals surface area (Å²) in [6.07, 6.45) is 0. The lowest BCUT2D eigenvalue weighted by Crippen LogP contribution is -2.25. The summed E-state index contributed by atoms with van der Waals surface area (Å²) < 4.78 is 2.61. The number of nitrogens with zero attached hydrogens (tertiary/aromatic N) is 1. The van der Waals surface area contributed by atoms with Gasteiger partial charge in [-0.3, -0.25) is 0 Å². The van der Waals surface area contributed by atoms with Gasteiger partial charge in [0.25, 0.3) is 0 Å². The Labute approximate surface area is 327 Å². The first kappa shape index (κ1) is 32.5. The Kier molecular flexibility index (Phi) is 6.80. The van der Waals surface area contributed by atoms with Gasteiger partial charge in [0.05, 0.1) is 5.69 Å².